The number of carbonyl (C=O) groups excluding carboxylic acids is 2. The summed E-state index contributed by atoms with van der Waals surface area (Å²) in [6, 6.07) is 13.4. The normalized spacial score (nSPS) is 16.5. The van der Waals surface area contributed by atoms with Crippen molar-refractivity contribution in [2.24, 2.45) is 0 Å². The number of ether oxygens (including phenoxy) is 2. The Morgan fingerprint density at radius 2 is 1.79 bits per heavy atom. The van der Waals surface area contributed by atoms with Crippen molar-refractivity contribution >= 4 is 31.4 Å². The fraction of sp³-hybridized carbons (Fsp3) is 0.455. The molecule has 2 amide bonds. The lowest BCUT2D eigenvalue weighted by Crippen LogP contribution is -2.46. The van der Waals surface area contributed by atoms with Gasteiger partial charge in [-0.05, 0) is 74.3 Å². The van der Waals surface area contributed by atoms with Gasteiger partial charge in [0.25, 0.3) is 0 Å². The van der Waals surface area contributed by atoms with E-state index in [1.807, 2.05) is 57.2 Å². The van der Waals surface area contributed by atoms with Gasteiger partial charge >= 0.3 is 12.2 Å². The average molecular weight is 610 g/mol. The van der Waals surface area contributed by atoms with Gasteiger partial charge in [-0.25, -0.2) is 14.0 Å². The predicted octanol–water partition coefficient (Wildman–Crippen LogP) is 7.84. The second kappa shape index (κ2) is 12.4. The zero-order valence-electron chi connectivity index (χ0n) is 26.4. The molecule has 43 heavy (non-hydrogen) atoms. The number of H-pyrrole nitrogens is 1. The molecule has 1 aromatic heterocycles. The van der Waals surface area contributed by atoms with Gasteiger partial charge in [0.1, 0.15) is 18.0 Å². The van der Waals surface area contributed by atoms with Gasteiger partial charge in [-0.2, -0.15) is 0 Å². The molecular formula is C33H44FN3O5Si. The average Bonchev–Trinajstić information content (AvgIpc) is 3.50. The van der Waals surface area contributed by atoms with Crippen LogP contribution >= 0.6 is 0 Å². The third-order valence-electron chi connectivity index (χ3n) is 8.03. The van der Waals surface area contributed by atoms with E-state index in [2.05, 4.69) is 44.2 Å². The van der Waals surface area contributed by atoms with Gasteiger partial charge in [0, 0.05) is 29.6 Å². The zero-order chi connectivity index (χ0) is 31.6. The maximum absolute atomic E-state index is 14.1. The molecule has 0 saturated heterocycles. The van der Waals surface area contributed by atoms with Crippen LogP contribution in [0.5, 0.6) is 0 Å². The van der Waals surface area contributed by atoms with Crippen LogP contribution in [0.4, 0.5) is 14.0 Å². The lowest BCUT2D eigenvalue weighted by atomic mass is 9.90. The number of aromatic amines is 1. The lowest BCUT2D eigenvalue weighted by Gasteiger charge is -2.37. The van der Waals surface area contributed by atoms with E-state index in [1.54, 1.807) is 17.2 Å². The zero-order valence-corrected chi connectivity index (χ0v) is 27.4. The molecule has 0 saturated carbocycles. The first-order valence-corrected chi connectivity index (χ1v) is 17.6. The predicted molar refractivity (Wildman–Crippen MR) is 169 cm³/mol. The summed E-state index contributed by atoms with van der Waals surface area (Å²) in [5.41, 5.74) is 1.60. The van der Waals surface area contributed by atoms with Gasteiger partial charge in [0.15, 0.2) is 0 Å². The molecule has 1 unspecified atom stereocenters. The van der Waals surface area contributed by atoms with Crippen molar-refractivity contribution in [2.45, 2.75) is 83.8 Å². The van der Waals surface area contributed by atoms with E-state index in [9.17, 15) is 14.0 Å². The fourth-order valence-corrected chi connectivity index (χ4v) is 5.90. The number of aromatic nitrogens is 1. The van der Waals surface area contributed by atoms with Crippen molar-refractivity contribution in [2.75, 3.05) is 13.1 Å². The molecule has 2 N–H and O–H groups in total. The van der Waals surface area contributed by atoms with Crippen LogP contribution in [0.3, 0.4) is 0 Å². The van der Waals surface area contributed by atoms with Crippen LogP contribution in [0.2, 0.25) is 18.1 Å². The molecule has 4 rings (SSSR count). The number of alkyl carbamates (subject to hydrolysis) is 1. The van der Waals surface area contributed by atoms with Crippen LogP contribution in [-0.4, -0.2) is 55.1 Å². The van der Waals surface area contributed by atoms with E-state index in [-0.39, 0.29) is 30.6 Å². The van der Waals surface area contributed by atoms with E-state index >= 15 is 0 Å². The molecule has 2 heterocycles. The Kier molecular flexibility index (Phi) is 9.29. The van der Waals surface area contributed by atoms with Crippen molar-refractivity contribution in [1.82, 2.24) is 15.2 Å². The maximum Gasteiger partial charge on any atom is 0.411 e. The van der Waals surface area contributed by atoms with Gasteiger partial charge < -0.3 is 24.2 Å². The molecule has 232 valence electrons. The number of benzene rings is 2. The van der Waals surface area contributed by atoms with Gasteiger partial charge in [0.05, 0.1) is 18.3 Å². The summed E-state index contributed by atoms with van der Waals surface area (Å²) < 4.78 is 32.0. The SMILES string of the molecule is CC(C)(C)OC(=O)N1CC(O[Si](C)(C)C(C)(C)C)=CC1[C@@H](CNC(=O)OCc1ccccc1)c1c[nH]c2cc(F)ccc12. The Morgan fingerprint density at radius 3 is 2.44 bits per heavy atom. The van der Waals surface area contributed by atoms with Crippen molar-refractivity contribution in [3.63, 3.8) is 0 Å². The summed E-state index contributed by atoms with van der Waals surface area (Å²) in [4.78, 5) is 31.3. The number of halogens is 1. The van der Waals surface area contributed by atoms with Crippen LogP contribution in [-0.2, 0) is 20.5 Å². The highest BCUT2D eigenvalue weighted by Crippen LogP contribution is 2.41. The molecule has 0 aliphatic carbocycles. The van der Waals surface area contributed by atoms with Crippen LogP contribution < -0.4 is 5.32 Å². The van der Waals surface area contributed by atoms with Crippen LogP contribution in [0.1, 0.15) is 58.6 Å². The minimum Gasteiger partial charge on any atom is -0.545 e. The van der Waals surface area contributed by atoms with Crippen molar-refractivity contribution in [1.29, 1.82) is 0 Å². The monoisotopic (exact) mass is 609 g/mol. The van der Waals surface area contributed by atoms with Gasteiger partial charge in [-0.3, -0.25) is 4.90 Å². The van der Waals surface area contributed by atoms with Crippen LogP contribution in [0.25, 0.3) is 10.9 Å². The summed E-state index contributed by atoms with van der Waals surface area (Å²) >= 11 is 0. The molecule has 2 aromatic carbocycles. The number of rotatable bonds is 8. The number of nitrogens with one attached hydrogen (secondary N) is 2. The number of hydrogen-bond donors (Lipinski definition) is 2. The minimum absolute atomic E-state index is 0.0486. The topological polar surface area (TPSA) is 92.9 Å². The van der Waals surface area contributed by atoms with Crippen molar-refractivity contribution < 1.29 is 27.9 Å². The molecule has 0 fully saturated rings. The Hall–Kier alpha value is -3.79. The second-order valence-corrected chi connectivity index (χ2v) is 18.3. The minimum atomic E-state index is -2.23. The number of amides is 2. The fourth-order valence-electron chi connectivity index (χ4n) is 4.80. The van der Waals surface area contributed by atoms with E-state index in [0.717, 1.165) is 16.5 Å². The standard InChI is InChI=1S/C33H44FN3O5Si/c1-32(2,3)41-31(39)37-20-24(42-43(7,8)33(4,5)6)17-29(37)27(26-18-35-28-16-23(34)14-15-25(26)28)19-36-30(38)40-21-22-12-10-9-11-13-22/h9-18,27,29,35H,19-21H2,1-8H3,(H,36,38)/t27-,29?/m0/s1. The second-order valence-electron chi connectivity index (χ2n) is 13.6. The first-order chi connectivity index (χ1) is 20.0. The van der Waals surface area contributed by atoms with Gasteiger partial charge in [-0.1, -0.05) is 51.1 Å². The molecule has 2 atom stereocenters. The smallest absolute Gasteiger partial charge is 0.411 e. The quantitative estimate of drug-likeness (QED) is 0.254. The number of nitrogens with zero attached hydrogens (tertiary/aromatic N) is 1. The van der Waals surface area contributed by atoms with E-state index in [1.165, 1.54) is 12.1 Å². The summed E-state index contributed by atoms with van der Waals surface area (Å²) in [7, 11) is -2.23. The van der Waals surface area contributed by atoms with E-state index < -0.39 is 38.1 Å². The Morgan fingerprint density at radius 1 is 1.09 bits per heavy atom. The highest BCUT2D eigenvalue weighted by atomic mass is 28.4. The van der Waals surface area contributed by atoms with E-state index in [4.69, 9.17) is 13.9 Å². The van der Waals surface area contributed by atoms with Crippen molar-refractivity contribution in [3.8, 4) is 0 Å². The van der Waals surface area contributed by atoms with Gasteiger partial charge in [0.2, 0.25) is 8.32 Å². The van der Waals surface area contributed by atoms with Crippen LogP contribution in [0.15, 0.2) is 66.6 Å². The Labute approximate surface area is 254 Å². The first-order valence-electron chi connectivity index (χ1n) is 14.6. The summed E-state index contributed by atoms with van der Waals surface area (Å²) in [5, 5.41) is 3.65. The molecule has 1 aliphatic rings. The number of hydrogen-bond acceptors (Lipinski definition) is 5. The number of carbonyl (C=O) groups is 2. The van der Waals surface area contributed by atoms with Gasteiger partial charge in [-0.15, -0.1) is 0 Å². The largest absolute Gasteiger partial charge is 0.545 e. The molecule has 1 aliphatic heterocycles. The molecule has 10 heteroatoms. The summed E-state index contributed by atoms with van der Waals surface area (Å²) in [5.74, 6) is -0.0947. The van der Waals surface area contributed by atoms with Crippen molar-refractivity contribution in [3.05, 3.63) is 83.5 Å². The summed E-state index contributed by atoms with van der Waals surface area (Å²) in [6.07, 6.45) is 2.71. The Balaban J connectivity index is 1.69. The van der Waals surface area contributed by atoms with E-state index in [0.29, 0.717) is 11.3 Å². The third kappa shape index (κ3) is 7.98. The number of fused-ring (bicyclic) bond motifs is 1. The molecule has 3 aromatic rings. The molecular weight excluding hydrogens is 565 g/mol. The highest BCUT2D eigenvalue weighted by molar-refractivity contribution is 6.74. The molecule has 0 radical (unpaired) electrons. The first kappa shape index (κ1) is 32.1. The molecule has 0 spiro atoms. The third-order valence-corrected chi connectivity index (χ3v) is 12.4. The maximum atomic E-state index is 14.1. The lowest BCUT2D eigenvalue weighted by molar-refractivity contribution is 0.0212. The van der Waals surface area contributed by atoms with Crippen LogP contribution in [0, 0.1) is 5.82 Å². The Bertz CT molecular complexity index is 1470. The molecule has 0 bridgehead atoms. The highest BCUT2D eigenvalue weighted by Gasteiger charge is 2.44. The molecule has 8 nitrogen and oxygen atoms in total. The summed E-state index contributed by atoms with van der Waals surface area (Å²) in [6.45, 7) is 16.8.